The van der Waals surface area contributed by atoms with Crippen LogP contribution < -0.4 is 5.43 Å². The van der Waals surface area contributed by atoms with Crippen LogP contribution in [-0.2, 0) is 13.1 Å². The highest BCUT2D eigenvalue weighted by Gasteiger charge is 2.09. The molecule has 5 nitrogen and oxygen atoms in total. The van der Waals surface area contributed by atoms with Crippen LogP contribution in [0, 0.1) is 0 Å². The lowest BCUT2D eigenvalue weighted by atomic mass is 10.3. The first-order chi connectivity index (χ1) is 11.3. The number of nitrogens with one attached hydrogen (secondary N) is 1. The van der Waals surface area contributed by atoms with Crippen molar-refractivity contribution < 1.29 is 0 Å². The van der Waals surface area contributed by atoms with Gasteiger partial charge in [-0.25, -0.2) is 10.4 Å². The second-order valence-corrected chi connectivity index (χ2v) is 4.84. The monoisotopic (exact) mass is 307 g/mol. The molecular weight excluding hydrogens is 286 g/mol. The zero-order valence-corrected chi connectivity index (χ0v) is 13.1. The average Bonchev–Trinajstić information content (AvgIpc) is 2.60. The van der Waals surface area contributed by atoms with E-state index in [0.29, 0.717) is 19.6 Å². The maximum atomic E-state index is 4.38. The summed E-state index contributed by atoms with van der Waals surface area (Å²) in [5.41, 5.74) is 6.15. The number of hydrogen-bond acceptors (Lipinski definition) is 5. The summed E-state index contributed by atoms with van der Waals surface area (Å²) in [6.45, 7) is 9.27. The third-order valence-electron chi connectivity index (χ3n) is 3.13. The minimum Gasteiger partial charge on any atom is -0.261 e. The third-order valence-corrected chi connectivity index (χ3v) is 3.13. The van der Waals surface area contributed by atoms with Crippen LogP contribution in [0.15, 0.2) is 79.2 Å². The van der Waals surface area contributed by atoms with E-state index < -0.39 is 0 Å². The van der Waals surface area contributed by atoms with Crippen molar-refractivity contribution >= 4 is 5.71 Å². The smallest absolute Gasteiger partial charge is 0.0559 e. The van der Waals surface area contributed by atoms with Crippen molar-refractivity contribution in [3.05, 3.63) is 85.6 Å². The van der Waals surface area contributed by atoms with E-state index in [-0.39, 0.29) is 0 Å². The van der Waals surface area contributed by atoms with E-state index in [4.69, 9.17) is 0 Å². The van der Waals surface area contributed by atoms with Crippen molar-refractivity contribution in [3.8, 4) is 0 Å². The molecule has 0 unspecified atom stereocenters. The Kier molecular flexibility index (Phi) is 6.84. The van der Waals surface area contributed by atoms with E-state index in [9.17, 15) is 0 Å². The lowest BCUT2D eigenvalue weighted by Crippen LogP contribution is -2.40. The summed E-state index contributed by atoms with van der Waals surface area (Å²) in [6, 6.07) is 11.8. The molecule has 2 aromatic heterocycles. The second-order valence-electron chi connectivity index (χ2n) is 4.84. The number of rotatable bonds is 9. The molecule has 0 aromatic carbocycles. The van der Waals surface area contributed by atoms with Gasteiger partial charge in [0.2, 0.25) is 0 Å². The Hall–Kier alpha value is -2.63. The van der Waals surface area contributed by atoms with Crippen LogP contribution in [0.5, 0.6) is 0 Å². The average molecular weight is 307 g/mol. The molecule has 0 fully saturated rings. The molecule has 23 heavy (non-hydrogen) atoms. The van der Waals surface area contributed by atoms with Crippen molar-refractivity contribution in [2.45, 2.75) is 13.1 Å². The first kappa shape index (κ1) is 16.7. The Morgan fingerprint density at radius 1 is 1.04 bits per heavy atom. The number of nitrogens with zero attached hydrogens (tertiary/aromatic N) is 4. The van der Waals surface area contributed by atoms with E-state index >= 15 is 0 Å². The van der Waals surface area contributed by atoms with Crippen LogP contribution in [0.2, 0.25) is 0 Å². The van der Waals surface area contributed by atoms with Gasteiger partial charge in [0.25, 0.3) is 0 Å². The predicted octanol–water partition coefficient (Wildman–Crippen LogP) is 2.75. The van der Waals surface area contributed by atoms with E-state index in [1.807, 2.05) is 36.4 Å². The van der Waals surface area contributed by atoms with Crippen LogP contribution in [-0.4, -0.2) is 27.2 Å². The van der Waals surface area contributed by atoms with Crippen molar-refractivity contribution in [2.24, 2.45) is 4.99 Å². The quantitative estimate of drug-likeness (QED) is 0.572. The summed E-state index contributed by atoms with van der Waals surface area (Å²) in [5.74, 6) is 0. The minimum atomic E-state index is 0.565. The molecule has 0 aliphatic carbocycles. The van der Waals surface area contributed by atoms with Crippen molar-refractivity contribution in [1.82, 2.24) is 20.4 Å². The molecule has 2 heterocycles. The first-order valence-corrected chi connectivity index (χ1v) is 7.40. The lowest BCUT2D eigenvalue weighted by Gasteiger charge is -2.22. The van der Waals surface area contributed by atoms with E-state index in [2.05, 4.69) is 38.6 Å². The molecule has 2 aromatic rings. The molecule has 118 valence electrons. The fourth-order valence-electron chi connectivity index (χ4n) is 2.02. The summed E-state index contributed by atoms with van der Waals surface area (Å²) in [7, 11) is 0. The largest absolute Gasteiger partial charge is 0.261 e. The van der Waals surface area contributed by atoms with Crippen LogP contribution >= 0.6 is 0 Å². The Morgan fingerprint density at radius 2 is 1.65 bits per heavy atom. The summed E-state index contributed by atoms with van der Waals surface area (Å²) >= 11 is 0. The highest BCUT2D eigenvalue weighted by molar-refractivity contribution is 5.96. The topological polar surface area (TPSA) is 53.4 Å². The highest BCUT2D eigenvalue weighted by Crippen LogP contribution is 2.04. The van der Waals surface area contributed by atoms with Gasteiger partial charge in [0.1, 0.15) is 0 Å². The highest BCUT2D eigenvalue weighted by atomic mass is 15.5. The van der Waals surface area contributed by atoms with Gasteiger partial charge in [0.05, 0.1) is 36.7 Å². The number of aliphatic imine (C=N–C) groups is 1. The van der Waals surface area contributed by atoms with Gasteiger partial charge in [-0.15, -0.1) is 0 Å². The molecule has 0 atom stereocenters. The maximum Gasteiger partial charge on any atom is 0.0559 e. The molecule has 0 amide bonds. The maximum absolute atomic E-state index is 4.38. The van der Waals surface area contributed by atoms with Gasteiger partial charge in [-0.3, -0.25) is 15.0 Å². The predicted molar refractivity (Wildman–Crippen MR) is 93.6 cm³/mol. The van der Waals surface area contributed by atoms with E-state index in [1.54, 1.807) is 18.5 Å². The number of pyridine rings is 2. The van der Waals surface area contributed by atoms with E-state index in [1.165, 1.54) is 6.20 Å². The normalized spacial score (nSPS) is 11.4. The second kappa shape index (κ2) is 9.40. The van der Waals surface area contributed by atoms with Crippen molar-refractivity contribution in [2.75, 3.05) is 6.54 Å². The van der Waals surface area contributed by atoms with Gasteiger partial charge in [-0.2, -0.15) is 0 Å². The molecule has 2 rings (SSSR count). The molecule has 1 N–H and O–H groups in total. The zero-order chi connectivity index (χ0) is 16.3. The standard InChI is InChI=1S/C18H21N5/c1-3-16(19-4-2)13-22-23(14-17-9-5-7-11-20-17)15-18-10-6-8-12-21-18/h3-12,22H,1-2,13-15H2. The van der Waals surface area contributed by atoms with Gasteiger partial charge in [0.15, 0.2) is 0 Å². The zero-order valence-electron chi connectivity index (χ0n) is 13.1. The SMILES string of the molecule is C=CN=C(C=C)CNN(Cc1ccccn1)Cc1ccccn1. The van der Waals surface area contributed by atoms with Gasteiger partial charge < -0.3 is 0 Å². The van der Waals surface area contributed by atoms with Crippen LogP contribution in [0.25, 0.3) is 0 Å². The van der Waals surface area contributed by atoms with Crippen LogP contribution in [0.3, 0.4) is 0 Å². The third kappa shape index (κ3) is 5.94. The fraction of sp³-hybridized carbons (Fsp3) is 0.167. The van der Waals surface area contributed by atoms with Crippen molar-refractivity contribution in [3.63, 3.8) is 0 Å². The molecule has 0 spiro atoms. The Balaban J connectivity index is 2.05. The molecule has 0 aliphatic heterocycles. The number of aromatic nitrogens is 2. The Bertz CT molecular complexity index is 595. The molecular formula is C18H21N5. The van der Waals surface area contributed by atoms with Gasteiger partial charge in [-0.05, 0) is 30.3 Å². The van der Waals surface area contributed by atoms with Gasteiger partial charge >= 0.3 is 0 Å². The summed E-state index contributed by atoms with van der Waals surface area (Å²) < 4.78 is 0. The minimum absolute atomic E-state index is 0.565. The van der Waals surface area contributed by atoms with Crippen LogP contribution in [0.4, 0.5) is 0 Å². The van der Waals surface area contributed by atoms with Crippen LogP contribution in [0.1, 0.15) is 11.4 Å². The molecule has 5 heteroatoms. The first-order valence-electron chi connectivity index (χ1n) is 7.40. The summed E-state index contributed by atoms with van der Waals surface area (Å²) in [6.07, 6.45) is 6.82. The summed E-state index contributed by atoms with van der Waals surface area (Å²) in [4.78, 5) is 12.9. The van der Waals surface area contributed by atoms with Gasteiger partial charge in [-0.1, -0.05) is 25.3 Å². The molecule has 0 saturated carbocycles. The Morgan fingerprint density at radius 3 is 2.09 bits per heavy atom. The fourth-order valence-corrected chi connectivity index (χ4v) is 2.02. The molecule has 0 bridgehead atoms. The lowest BCUT2D eigenvalue weighted by molar-refractivity contribution is 0.176. The van der Waals surface area contributed by atoms with Crippen molar-refractivity contribution in [1.29, 1.82) is 0 Å². The number of hydrazine groups is 1. The van der Waals surface area contributed by atoms with E-state index in [0.717, 1.165) is 17.1 Å². The number of hydrogen-bond donors (Lipinski definition) is 1. The molecule has 0 saturated heterocycles. The Labute approximate surface area is 137 Å². The van der Waals surface area contributed by atoms with Gasteiger partial charge in [0, 0.05) is 18.6 Å². The molecule has 0 aliphatic rings. The summed E-state index contributed by atoms with van der Waals surface area (Å²) in [5, 5.41) is 2.06. The molecule has 0 radical (unpaired) electrons.